The van der Waals surface area contributed by atoms with Gasteiger partial charge in [-0.05, 0) is 105 Å². The van der Waals surface area contributed by atoms with E-state index in [0.717, 1.165) is 61.7 Å². The van der Waals surface area contributed by atoms with Gasteiger partial charge in [0.1, 0.15) is 11.5 Å². The molecule has 1 fully saturated rings. The van der Waals surface area contributed by atoms with Crippen LogP contribution in [0.1, 0.15) is 86.7 Å². The molecule has 1 amide bonds. The number of anilines is 1. The Labute approximate surface area is 279 Å². The van der Waals surface area contributed by atoms with Gasteiger partial charge in [0, 0.05) is 47.9 Å². The van der Waals surface area contributed by atoms with Crippen LogP contribution in [0.3, 0.4) is 0 Å². The van der Waals surface area contributed by atoms with E-state index in [9.17, 15) is 13.8 Å². The number of aryl methyl sites for hydroxylation is 1. The lowest BCUT2D eigenvalue weighted by molar-refractivity contribution is -0.116. The number of rotatable bonds is 5. The third kappa shape index (κ3) is 6.54. The number of hydrogen-bond acceptors (Lipinski definition) is 6. The van der Waals surface area contributed by atoms with Crippen LogP contribution in [-0.2, 0) is 31.1 Å². The predicted octanol–water partition coefficient (Wildman–Crippen LogP) is 7.57. The number of fused-ring (bicyclic) bond motifs is 4. The average Bonchev–Trinajstić information content (AvgIpc) is 3.18. The van der Waals surface area contributed by atoms with Crippen molar-refractivity contribution in [3.63, 3.8) is 0 Å². The highest BCUT2D eigenvalue weighted by molar-refractivity contribution is 7.95. The summed E-state index contributed by atoms with van der Waals surface area (Å²) in [4.78, 5) is 29.0. The molecular weight excluding hydrogens is 620 g/mol. The van der Waals surface area contributed by atoms with Crippen LogP contribution in [0.2, 0.25) is 5.02 Å². The third-order valence-corrected chi connectivity index (χ3v) is 13.9. The molecule has 2 aromatic rings. The maximum absolute atomic E-state index is 14.5. The number of allylic oxidation sites excluding steroid dienone is 1. The summed E-state index contributed by atoms with van der Waals surface area (Å²) in [7, 11) is -1.36. The quantitative estimate of drug-likeness (QED) is 0.306. The van der Waals surface area contributed by atoms with E-state index in [2.05, 4.69) is 33.5 Å². The molecule has 2 aliphatic heterocycles. The van der Waals surface area contributed by atoms with Crippen molar-refractivity contribution >= 4 is 38.7 Å². The first-order valence-electron chi connectivity index (χ1n) is 17.0. The van der Waals surface area contributed by atoms with Gasteiger partial charge in [0.25, 0.3) is 5.91 Å². The zero-order chi connectivity index (χ0) is 32.5. The van der Waals surface area contributed by atoms with Gasteiger partial charge in [0.2, 0.25) is 0 Å². The second-order valence-corrected chi connectivity index (χ2v) is 16.6. The number of nitrogens with zero attached hydrogens (tertiary/aromatic N) is 2. The molecule has 0 saturated heterocycles. The molecule has 0 aromatic heterocycles. The topological polar surface area (TPSA) is 85.3 Å². The van der Waals surface area contributed by atoms with Gasteiger partial charge < -0.3 is 14.4 Å². The monoisotopic (exact) mass is 666 g/mol. The first kappa shape index (κ1) is 33.2. The van der Waals surface area contributed by atoms with Gasteiger partial charge in [-0.3, -0.25) is 9.59 Å². The number of ether oxygens (including phenoxy) is 2. The highest BCUT2D eigenvalue weighted by Gasteiger charge is 2.44. The van der Waals surface area contributed by atoms with Crippen molar-refractivity contribution in [1.82, 2.24) is 0 Å². The normalized spacial score (nSPS) is 31.8. The van der Waals surface area contributed by atoms with Crippen LogP contribution in [0.25, 0.3) is 0 Å². The van der Waals surface area contributed by atoms with Crippen molar-refractivity contribution in [2.75, 3.05) is 37.5 Å². The number of Topliss-reactive ketones (excluding diaryl/α,β-unsaturated/α-hetero) is 1. The number of carbonyl (C=O) groups is 2. The van der Waals surface area contributed by atoms with Gasteiger partial charge in [-0.2, -0.15) is 4.36 Å². The number of carbonyl (C=O) groups excluding carboxylic acids is 2. The van der Waals surface area contributed by atoms with Gasteiger partial charge in [-0.1, -0.05) is 43.7 Å². The molecule has 2 bridgehead atoms. The fourth-order valence-corrected chi connectivity index (χ4v) is 10.8. The lowest BCUT2D eigenvalue weighted by Crippen LogP contribution is -2.49. The van der Waals surface area contributed by atoms with Crippen LogP contribution in [0.5, 0.6) is 5.75 Å². The number of methoxy groups -OCH3 is 1. The molecule has 4 aliphatic rings. The summed E-state index contributed by atoms with van der Waals surface area (Å²) in [6.45, 7) is 5.82. The van der Waals surface area contributed by atoms with Crippen molar-refractivity contribution in [3.05, 3.63) is 70.3 Å². The summed E-state index contributed by atoms with van der Waals surface area (Å²) in [6, 6.07) is 11.7. The Bertz CT molecular complexity index is 1630. The van der Waals surface area contributed by atoms with Crippen LogP contribution in [0, 0.1) is 11.8 Å². The van der Waals surface area contributed by atoms with Crippen LogP contribution in [0.15, 0.2) is 52.9 Å². The summed E-state index contributed by atoms with van der Waals surface area (Å²) < 4.78 is 31.6. The van der Waals surface area contributed by atoms with Crippen LogP contribution >= 0.6 is 11.6 Å². The Morgan fingerprint density at radius 2 is 2.02 bits per heavy atom. The summed E-state index contributed by atoms with van der Waals surface area (Å²) in [5.41, 5.74) is 3.59. The van der Waals surface area contributed by atoms with E-state index in [0.29, 0.717) is 43.3 Å². The van der Waals surface area contributed by atoms with Crippen molar-refractivity contribution in [2.45, 2.75) is 88.4 Å². The van der Waals surface area contributed by atoms with Crippen molar-refractivity contribution in [3.8, 4) is 5.75 Å². The van der Waals surface area contributed by atoms with Crippen molar-refractivity contribution in [1.29, 1.82) is 0 Å². The van der Waals surface area contributed by atoms with Gasteiger partial charge in [-0.15, -0.1) is 0 Å². The second kappa shape index (κ2) is 13.8. The predicted molar refractivity (Wildman–Crippen MR) is 185 cm³/mol. The van der Waals surface area contributed by atoms with Crippen molar-refractivity contribution < 1.29 is 23.3 Å². The highest BCUT2D eigenvalue weighted by Crippen LogP contribution is 2.47. The number of ketones is 1. The Kier molecular flexibility index (Phi) is 9.98. The van der Waals surface area contributed by atoms with Gasteiger partial charge >= 0.3 is 0 Å². The molecule has 248 valence electrons. The van der Waals surface area contributed by atoms with Gasteiger partial charge in [0.05, 0.1) is 33.9 Å². The molecule has 0 radical (unpaired) electrons. The summed E-state index contributed by atoms with van der Waals surface area (Å²) >= 11 is 6.44. The molecule has 6 rings (SSSR count). The van der Waals surface area contributed by atoms with Crippen LogP contribution in [0.4, 0.5) is 5.69 Å². The Morgan fingerprint density at radius 3 is 2.76 bits per heavy atom. The van der Waals surface area contributed by atoms with E-state index in [4.69, 9.17) is 21.1 Å². The molecule has 2 heterocycles. The summed E-state index contributed by atoms with van der Waals surface area (Å²) in [6.07, 6.45) is 11.6. The van der Waals surface area contributed by atoms with Gasteiger partial charge in [-0.25, -0.2) is 4.21 Å². The number of hydrogen-bond donors (Lipinski definition) is 0. The zero-order valence-electron chi connectivity index (χ0n) is 27.3. The minimum Gasteiger partial charge on any atom is -0.490 e. The first-order chi connectivity index (χ1) is 22.2. The molecular formula is C37H47ClN2O5S. The molecule has 0 unspecified atom stereocenters. The van der Waals surface area contributed by atoms with Crippen LogP contribution in [-0.4, -0.2) is 59.8 Å². The molecule has 2 aromatic carbocycles. The minimum absolute atomic E-state index is 0.00966. The smallest absolute Gasteiger partial charge is 0.285 e. The van der Waals surface area contributed by atoms with E-state index >= 15 is 0 Å². The highest BCUT2D eigenvalue weighted by atomic mass is 35.5. The molecule has 2 aliphatic carbocycles. The van der Waals surface area contributed by atoms with E-state index in [1.54, 1.807) is 20.1 Å². The standard InChI is InChI=1S/C37H47ClN2O5S/c1-4-29(41)22-46(43)30(5-2)10-6-7-11-34(44-3)31-15-12-27(31)21-40-23-37(18-8-9-25-19-28(38)14-16-32(25)37)24-45-35-17-13-26(20-33(35)40)36(42)39-46/h7,11,13-14,16-17,19-20,27,30-31,34H,4-6,8-10,12,15,18,21-24H2,1-3H3/b11-7+/t27-,30+,31+,34-,37-,46+/m0/s1. The number of benzene rings is 2. The average molecular weight is 667 g/mol. The molecule has 9 heteroatoms. The van der Waals surface area contributed by atoms with Crippen LogP contribution < -0.4 is 9.64 Å². The third-order valence-electron chi connectivity index (χ3n) is 10.9. The largest absolute Gasteiger partial charge is 0.490 e. The maximum Gasteiger partial charge on any atom is 0.285 e. The lowest BCUT2D eigenvalue weighted by atomic mass is 9.68. The molecule has 6 atom stereocenters. The minimum atomic E-state index is -3.14. The molecule has 46 heavy (non-hydrogen) atoms. The summed E-state index contributed by atoms with van der Waals surface area (Å²) in [5, 5.41) is 0.381. The zero-order valence-corrected chi connectivity index (χ0v) is 28.9. The van der Waals surface area contributed by atoms with E-state index in [-0.39, 0.29) is 34.7 Å². The number of amides is 1. The van der Waals surface area contributed by atoms with Crippen molar-refractivity contribution in [2.24, 2.45) is 16.2 Å². The molecule has 1 spiro atoms. The Hall–Kier alpha value is -2.68. The van der Waals surface area contributed by atoms with E-state index in [1.165, 1.54) is 11.1 Å². The van der Waals surface area contributed by atoms with E-state index in [1.807, 2.05) is 25.1 Å². The molecule has 0 N–H and O–H groups in total. The van der Waals surface area contributed by atoms with E-state index < -0.39 is 15.6 Å². The summed E-state index contributed by atoms with van der Waals surface area (Å²) in [5.74, 6) is 0.668. The Balaban J connectivity index is 1.46. The maximum atomic E-state index is 14.5. The first-order valence-corrected chi connectivity index (χ1v) is 19.1. The second-order valence-electron chi connectivity index (χ2n) is 13.6. The fourth-order valence-electron chi connectivity index (χ4n) is 8.09. The van der Waals surface area contributed by atoms with Gasteiger partial charge in [0.15, 0.2) is 0 Å². The fraction of sp³-hybridized carbons (Fsp3) is 0.568. The molecule has 7 nitrogen and oxygen atoms in total. The number of halogens is 1. The SMILES string of the molecule is CCC(=O)C[S@]1(=O)=NC(=O)c2ccc3c(c2)N(C[C@@H]2CC[C@H]2[C@@H](OC)/C=C/CC[C@H]1CC)C[C@@]1(CCCc2cc(Cl)ccc21)CO3. The molecule has 1 saturated carbocycles. The Morgan fingerprint density at radius 1 is 1.17 bits per heavy atom. The lowest BCUT2D eigenvalue weighted by Gasteiger charge is -2.46.